The van der Waals surface area contributed by atoms with E-state index in [1.54, 1.807) is 0 Å². The third kappa shape index (κ3) is 2.43. The van der Waals surface area contributed by atoms with Crippen molar-refractivity contribution < 1.29 is 0 Å². The van der Waals surface area contributed by atoms with Crippen molar-refractivity contribution in [3.63, 3.8) is 0 Å². The van der Waals surface area contributed by atoms with Crippen molar-refractivity contribution in [2.24, 2.45) is 0 Å². The molecule has 5 rings (SSSR count). The Morgan fingerprint density at radius 1 is 0.630 bits per heavy atom. The molecule has 0 spiro atoms. The zero-order valence-corrected chi connectivity index (χ0v) is 15.6. The summed E-state index contributed by atoms with van der Waals surface area (Å²) in [5.41, 5.74) is 10.3. The first-order chi connectivity index (χ1) is 13.2. The van der Waals surface area contributed by atoms with Crippen LogP contribution in [0.15, 0.2) is 91.1 Å². The van der Waals surface area contributed by atoms with Gasteiger partial charge in [-0.05, 0) is 51.6 Å². The molecule has 0 fully saturated rings. The van der Waals surface area contributed by atoms with Crippen molar-refractivity contribution >= 4 is 0 Å². The molecule has 3 aromatic carbocycles. The summed E-state index contributed by atoms with van der Waals surface area (Å²) in [5.74, 6) is 0. The van der Waals surface area contributed by atoms with Crippen molar-refractivity contribution in [2.75, 3.05) is 0 Å². The maximum atomic E-state index is 4.52. The molecule has 130 valence electrons. The second-order valence-electron chi connectivity index (χ2n) is 7.69. The van der Waals surface area contributed by atoms with E-state index in [0.717, 1.165) is 11.3 Å². The highest BCUT2D eigenvalue weighted by atomic mass is 14.7. The number of aromatic nitrogens is 1. The SMILES string of the molecule is CC1(C)c2ccccc2-c2cccc(-c3cccc(-c4ccccn4)c3)c21. The Morgan fingerprint density at radius 2 is 1.33 bits per heavy atom. The van der Waals surface area contributed by atoms with Gasteiger partial charge in [-0.25, -0.2) is 0 Å². The molecule has 1 aliphatic rings. The Labute approximate surface area is 160 Å². The first kappa shape index (κ1) is 16.0. The molecule has 0 bridgehead atoms. The number of nitrogens with zero attached hydrogens (tertiary/aromatic N) is 1. The molecule has 1 aromatic heterocycles. The third-order valence-electron chi connectivity index (χ3n) is 5.71. The van der Waals surface area contributed by atoms with E-state index < -0.39 is 0 Å². The monoisotopic (exact) mass is 347 g/mol. The number of pyridine rings is 1. The van der Waals surface area contributed by atoms with E-state index in [2.05, 4.69) is 91.6 Å². The van der Waals surface area contributed by atoms with Crippen LogP contribution in [0.2, 0.25) is 0 Å². The van der Waals surface area contributed by atoms with Crippen molar-refractivity contribution in [1.29, 1.82) is 0 Å². The summed E-state index contributed by atoms with van der Waals surface area (Å²) in [4.78, 5) is 4.52. The van der Waals surface area contributed by atoms with Gasteiger partial charge in [-0.3, -0.25) is 4.98 Å². The van der Waals surface area contributed by atoms with Gasteiger partial charge < -0.3 is 0 Å². The van der Waals surface area contributed by atoms with Gasteiger partial charge in [-0.2, -0.15) is 0 Å². The Bertz CT molecular complexity index is 1140. The average Bonchev–Trinajstić information content (AvgIpc) is 2.97. The highest BCUT2D eigenvalue weighted by Crippen LogP contribution is 2.52. The maximum Gasteiger partial charge on any atom is 0.0702 e. The van der Waals surface area contributed by atoms with Gasteiger partial charge in [0.05, 0.1) is 5.69 Å². The number of benzene rings is 3. The molecule has 1 heteroatoms. The molecule has 1 aliphatic carbocycles. The van der Waals surface area contributed by atoms with E-state index in [4.69, 9.17) is 0 Å². The lowest BCUT2D eigenvalue weighted by Crippen LogP contribution is -2.16. The molecule has 27 heavy (non-hydrogen) atoms. The van der Waals surface area contributed by atoms with E-state index in [0.29, 0.717) is 0 Å². The van der Waals surface area contributed by atoms with E-state index in [-0.39, 0.29) is 5.41 Å². The summed E-state index contributed by atoms with van der Waals surface area (Å²) < 4.78 is 0. The van der Waals surface area contributed by atoms with Crippen LogP contribution in [0.3, 0.4) is 0 Å². The summed E-state index contributed by atoms with van der Waals surface area (Å²) in [6, 6.07) is 30.3. The van der Waals surface area contributed by atoms with Crippen LogP contribution >= 0.6 is 0 Å². The predicted molar refractivity (Wildman–Crippen MR) is 113 cm³/mol. The van der Waals surface area contributed by atoms with Crippen molar-refractivity contribution in [3.05, 3.63) is 102 Å². The molecular formula is C26H21N. The van der Waals surface area contributed by atoms with E-state index in [1.807, 2.05) is 18.3 Å². The number of rotatable bonds is 2. The molecule has 0 atom stereocenters. The molecule has 0 aliphatic heterocycles. The molecule has 1 nitrogen and oxygen atoms in total. The van der Waals surface area contributed by atoms with Crippen LogP contribution in [0.4, 0.5) is 0 Å². The Balaban J connectivity index is 1.72. The Kier molecular flexibility index (Phi) is 3.51. The molecule has 0 radical (unpaired) electrons. The highest BCUT2D eigenvalue weighted by Gasteiger charge is 2.37. The second-order valence-corrected chi connectivity index (χ2v) is 7.69. The van der Waals surface area contributed by atoms with E-state index in [1.165, 1.54) is 33.4 Å². The van der Waals surface area contributed by atoms with Gasteiger partial charge in [-0.15, -0.1) is 0 Å². The van der Waals surface area contributed by atoms with Gasteiger partial charge in [0, 0.05) is 17.2 Å². The molecule has 0 unspecified atom stereocenters. The lowest BCUT2D eigenvalue weighted by molar-refractivity contribution is 0.662. The fourth-order valence-electron chi connectivity index (χ4n) is 4.47. The summed E-state index contributed by atoms with van der Waals surface area (Å²) >= 11 is 0. The van der Waals surface area contributed by atoms with Gasteiger partial charge in [0.2, 0.25) is 0 Å². The minimum Gasteiger partial charge on any atom is -0.256 e. The quantitative estimate of drug-likeness (QED) is 0.392. The summed E-state index contributed by atoms with van der Waals surface area (Å²) in [7, 11) is 0. The first-order valence-electron chi connectivity index (χ1n) is 9.41. The van der Waals surface area contributed by atoms with Crippen LogP contribution in [0, 0.1) is 0 Å². The molecule has 0 saturated heterocycles. The van der Waals surface area contributed by atoms with Gasteiger partial charge >= 0.3 is 0 Å². The molecular weight excluding hydrogens is 326 g/mol. The highest BCUT2D eigenvalue weighted by molar-refractivity contribution is 5.88. The van der Waals surface area contributed by atoms with E-state index >= 15 is 0 Å². The van der Waals surface area contributed by atoms with Gasteiger partial charge in [-0.1, -0.05) is 80.6 Å². The van der Waals surface area contributed by atoms with Crippen LogP contribution in [-0.4, -0.2) is 4.98 Å². The summed E-state index contributed by atoms with van der Waals surface area (Å²) in [6.07, 6.45) is 1.85. The Morgan fingerprint density at radius 3 is 2.19 bits per heavy atom. The minimum atomic E-state index is -0.0104. The van der Waals surface area contributed by atoms with Crippen LogP contribution in [-0.2, 0) is 5.41 Å². The van der Waals surface area contributed by atoms with E-state index in [9.17, 15) is 0 Å². The fraction of sp³-hybridized carbons (Fsp3) is 0.115. The normalized spacial score (nSPS) is 13.9. The minimum absolute atomic E-state index is 0.0104. The molecule has 1 heterocycles. The van der Waals surface area contributed by atoms with Gasteiger partial charge in [0.25, 0.3) is 0 Å². The van der Waals surface area contributed by atoms with Crippen molar-refractivity contribution in [3.8, 4) is 33.5 Å². The number of fused-ring (bicyclic) bond motifs is 3. The topological polar surface area (TPSA) is 12.9 Å². The maximum absolute atomic E-state index is 4.52. The smallest absolute Gasteiger partial charge is 0.0702 e. The summed E-state index contributed by atoms with van der Waals surface area (Å²) in [6.45, 7) is 4.67. The van der Waals surface area contributed by atoms with Crippen LogP contribution in [0.5, 0.6) is 0 Å². The van der Waals surface area contributed by atoms with Crippen LogP contribution < -0.4 is 0 Å². The average molecular weight is 347 g/mol. The van der Waals surface area contributed by atoms with Gasteiger partial charge in [0.1, 0.15) is 0 Å². The van der Waals surface area contributed by atoms with Gasteiger partial charge in [0.15, 0.2) is 0 Å². The summed E-state index contributed by atoms with van der Waals surface area (Å²) in [5, 5.41) is 0. The zero-order chi connectivity index (χ0) is 18.4. The second kappa shape index (κ2) is 5.92. The lowest BCUT2D eigenvalue weighted by Gasteiger charge is -2.24. The molecule has 0 N–H and O–H groups in total. The molecule has 0 saturated carbocycles. The lowest BCUT2D eigenvalue weighted by atomic mass is 9.78. The molecule has 0 amide bonds. The Hall–Kier alpha value is -3.19. The van der Waals surface area contributed by atoms with Crippen molar-refractivity contribution in [1.82, 2.24) is 4.98 Å². The standard InChI is InChI=1S/C26H21N/c1-26(2)23-14-4-3-11-21(23)22-13-8-12-20(25(22)26)18-9-7-10-19(17-18)24-15-5-6-16-27-24/h3-17H,1-2H3. The number of hydrogen-bond acceptors (Lipinski definition) is 1. The largest absolute Gasteiger partial charge is 0.256 e. The predicted octanol–water partition coefficient (Wildman–Crippen LogP) is 6.72. The molecule has 4 aromatic rings. The number of hydrogen-bond donors (Lipinski definition) is 0. The fourth-order valence-corrected chi connectivity index (χ4v) is 4.47. The van der Waals surface area contributed by atoms with Crippen LogP contribution in [0.25, 0.3) is 33.5 Å². The zero-order valence-electron chi connectivity index (χ0n) is 15.6. The first-order valence-corrected chi connectivity index (χ1v) is 9.41. The van der Waals surface area contributed by atoms with Crippen LogP contribution in [0.1, 0.15) is 25.0 Å². The third-order valence-corrected chi connectivity index (χ3v) is 5.71. The van der Waals surface area contributed by atoms with Crippen molar-refractivity contribution in [2.45, 2.75) is 19.3 Å².